The quantitative estimate of drug-likeness (QED) is 0.380. The van der Waals surface area contributed by atoms with Gasteiger partial charge in [0.2, 0.25) is 5.91 Å². The highest BCUT2D eigenvalue weighted by molar-refractivity contribution is 7.99. The Hall–Kier alpha value is -3.51. The van der Waals surface area contributed by atoms with E-state index in [2.05, 4.69) is 22.4 Å². The molecule has 4 rings (SSSR count). The molecule has 1 aromatic heterocycles. The molecule has 0 saturated carbocycles. The summed E-state index contributed by atoms with van der Waals surface area (Å²) < 4.78 is 5.16. The van der Waals surface area contributed by atoms with Crippen molar-refractivity contribution < 1.29 is 9.53 Å². The zero-order valence-corrected chi connectivity index (χ0v) is 18.0. The van der Waals surface area contributed by atoms with E-state index in [4.69, 9.17) is 9.72 Å². The zero-order chi connectivity index (χ0) is 21.5. The Morgan fingerprint density at radius 3 is 2.23 bits per heavy atom. The molecule has 0 aliphatic rings. The summed E-state index contributed by atoms with van der Waals surface area (Å²) in [6, 6.07) is 27.8. The maximum absolute atomic E-state index is 12.3. The van der Waals surface area contributed by atoms with Gasteiger partial charge in [0.15, 0.2) is 5.16 Å². The number of benzene rings is 3. The molecule has 6 heteroatoms. The van der Waals surface area contributed by atoms with Crippen molar-refractivity contribution in [2.24, 2.45) is 0 Å². The van der Waals surface area contributed by atoms with Crippen LogP contribution in [0.15, 0.2) is 90.1 Å². The Morgan fingerprint density at radius 2 is 1.58 bits per heavy atom. The van der Waals surface area contributed by atoms with E-state index in [1.807, 2.05) is 72.8 Å². The van der Waals surface area contributed by atoms with Crippen molar-refractivity contribution in [3.8, 4) is 28.3 Å². The normalized spacial score (nSPS) is 10.6. The van der Waals surface area contributed by atoms with Crippen LogP contribution < -0.4 is 10.1 Å². The molecule has 0 radical (unpaired) electrons. The molecular weight excluding hydrogens is 406 g/mol. The van der Waals surface area contributed by atoms with Crippen molar-refractivity contribution in [2.45, 2.75) is 11.7 Å². The molecule has 0 aliphatic heterocycles. The van der Waals surface area contributed by atoms with Gasteiger partial charge in [-0.15, -0.1) is 0 Å². The second-order valence-corrected chi connectivity index (χ2v) is 7.88. The fourth-order valence-corrected chi connectivity index (χ4v) is 3.87. The highest BCUT2D eigenvalue weighted by atomic mass is 32.2. The average Bonchev–Trinajstić information content (AvgIpc) is 3.27. The van der Waals surface area contributed by atoms with Crippen LogP contribution in [-0.2, 0) is 11.3 Å². The third-order valence-corrected chi connectivity index (χ3v) is 5.65. The number of hydrogen-bond acceptors (Lipinski definition) is 4. The number of nitrogens with one attached hydrogen (secondary N) is 2. The van der Waals surface area contributed by atoms with E-state index in [1.54, 1.807) is 7.11 Å². The lowest BCUT2D eigenvalue weighted by Crippen LogP contribution is -2.24. The predicted octanol–water partition coefficient (Wildman–Crippen LogP) is 5.16. The van der Waals surface area contributed by atoms with Crippen LogP contribution in [-0.4, -0.2) is 28.7 Å². The molecule has 156 valence electrons. The van der Waals surface area contributed by atoms with Crippen LogP contribution in [0.5, 0.6) is 5.75 Å². The molecule has 31 heavy (non-hydrogen) atoms. The third kappa shape index (κ3) is 5.35. The lowest BCUT2D eigenvalue weighted by Gasteiger charge is -2.05. The van der Waals surface area contributed by atoms with E-state index in [-0.39, 0.29) is 11.7 Å². The number of rotatable bonds is 8. The first-order valence-electron chi connectivity index (χ1n) is 9.96. The van der Waals surface area contributed by atoms with E-state index in [1.165, 1.54) is 11.8 Å². The molecule has 0 atom stereocenters. The smallest absolute Gasteiger partial charge is 0.230 e. The highest BCUT2D eigenvalue weighted by Crippen LogP contribution is 2.32. The van der Waals surface area contributed by atoms with Crippen molar-refractivity contribution in [2.75, 3.05) is 12.9 Å². The number of carbonyl (C=O) groups is 1. The Labute approximate surface area is 185 Å². The standard InChI is InChI=1S/C25H23N3O2S/c1-30-21-14-12-18(13-15-21)16-26-22(29)17-31-25-27-23(19-8-4-2-5-9-19)24(28-25)20-10-6-3-7-11-20/h2-15H,16-17H2,1H3,(H,26,29)(H,27,28). The second kappa shape index (κ2) is 10.00. The molecular formula is C25H23N3O2S. The highest BCUT2D eigenvalue weighted by Gasteiger charge is 2.15. The molecule has 1 heterocycles. The maximum Gasteiger partial charge on any atom is 0.230 e. The van der Waals surface area contributed by atoms with E-state index in [0.717, 1.165) is 39.0 Å². The number of imidazole rings is 1. The van der Waals surface area contributed by atoms with Crippen LogP contribution in [0.1, 0.15) is 5.56 Å². The summed E-state index contributed by atoms with van der Waals surface area (Å²) in [4.78, 5) is 20.5. The average molecular weight is 430 g/mol. The van der Waals surface area contributed by atoms with E-state index < -0.39 is 0 Å². The summed E-state index contributed by atoms with van der Waals surface area (Å²) in [6.45, 7) is 0.478. The molecule has 0 aliphatic carbocycles. The Kier molecular flexibility index (Phi) is 6.69. The van der Waals surface area contributed by atoms with Crippen LogP contribution >= 0.6 is 11.8 Å². The molecule has 2 N–H and O–H groups in total. The van der Waals surface area contributed by atoms with E-state index in [0.29, 0.717) is 6.54 Å². The van der Waals surface area contributed by atoms with Crippen molar-refractivity contribution >= 4 is 17.7 Å². The summed E-state index contributed by atoms with van der Waals surface area (Å²) in [5, 5.41) is 3.67. The molecule has 4 aromatic rings. The van der Waals surface area contributed by atoms with Gasteiger partial charge in [0.05, 0.1) is 24.3 Å². The number of aromatic nitrogens is 2. The number of H-pyrrole nitrogens is 1. The van der Waals surface area contributed by atoms with Crippen LogP contribution in [0.2, 0.25) is 0 Å². The van der Waals surface area contributed by atoms with Gasteiger partial charge in [-0.1, -0.05) is 84.6 Å². The molecule has 0 spiro atoms. The van der Waals surface area contributed by atoms with Crippen LogP contribution in [0.25, 0.3) is 22.5 Å². The molecule has 0 saturated heterocycles. The number of hydrogen-bond donors (Lipinski definition) is 2. The number of thioether (sulfide) groups is 1. The van der Waals surface area contributed by atoms with Crippen LogP contribution in [0.3, 0.4) is 0 Å². The minimum Gasteiger partial charge on any atom is -0.497 e. The molecule has 0 unspecified atom stereocenters. The van der Waals surface area contributed by atoms with Gasteiger partial charge in [-0.3, -0.25) is 4.79 Å². The molecule has 0 fully saturated rings. The lowest BCUT2D eigenvalue weighted by molar-refractivity contribution is -0.118. The lowest BCUT2D eigenvalue weighted by atomic mass is 10.1. The molecule has 3 aromatic carbocycles. The molecule has 5 nitrogen and oxygen atoms in total. The van der Waals surface area contributed by atoms with E-state index in [9.17, 15) is 4.79 Å². The number of ether oxygens (including phenoxy) is 1. The fraction of sp³-hybridized carbons (Fsp3) is 0.120. The van der Waals surface area contributed by atoms with Gasteiger partial charge in [-0.2, -0.15) is 0 Å². The van der Waals surface area contributed by atoms with Crippen molar-refractivity contribution in [3.63, 3.8) is 0 Å². The van der Waals surface area contributed by atoms with Gasteiger partial charge in [0.25, 0.3) is 0 Å². The summed E-state index contributed by atoms with van der Waals surface area (Å²) in [5.41, 5.74) is 4.95. The number of nitrogens with zero attached hydrogens (tertiary/aromatic N) is 1. The topological polar surface area (TPSA) is 67.0 Å². The number of carbonyl (C=O) groups excluding carboxylic acids is 1. The predicted molar refractivity (Wildman–Crippen MR) is 125 cm³/mol. The summed E-state index contributed by atoms with van der Waals surface area (Å²) in [6.07, 6.45) is 0. The van der Waals surface area contributed by atoms with Gasteiger partial charge in [0.1, 0.15) is 5.75 Å². The number of amides is 1. The van der Waals surface area contributed by atoms with E-state index >= 15 is 0 Å². The molecule has 0 bridgehead atoms. The maximum atomic E-state index is 12.3. The Bertz CT molecular complexity index is 1070. The number of aromatic amines is 1. The van der Waals surface area contributed by atoms with Gasteiger partial charge in [0, 0.05) is 17.7 Å². The van der Waals surface area contributed by atoms with Crippen molar-refractivity contribution in [3.05, 3.63) is 90.5 Å². The van der Waals surface area contributed by atoms with Crippen LogP contribution in [0.4, 0.5) is 0 Å². The second-order valence-electron chi connectivity index (χ2n) is 6.91. The van der Waals surface area contributed by atoms with Gasteiger partial charge < -0.3 is 15.0 Å². The summed E-state index contributed by atoms with van der Waals surface area (Å²) in [5.74, 6) is 1.04. The first-order chi connectivity index (χ1) is 15.2. The SMILES string of the molecule is COc1ccc(CNC(=O)CSc2nc(-c3ccccc3)c(-c3ccccc3)[nH]2)cc1. The Morgan fingerprint density at radius 1 is 0.935 bits per heavy atom. The zero-order valence-electron chi connectivity index (χ0n) is 17.2. The monoisotopic (exact) mass is 429 g/mol. The summed E-state index contributed by atoms with van der Waals surface area (Å²) >= 11 is 1.40. The minimum absolute atomic E-state index is 0.0419. The molecule has 1 amide bonds. The van der Waals surface area contributed by atoms with Gasteiger partial charge in [-0.05, 0) is 17.7 Å². The largest absolute Gasteiger partial charge is 0.497 e. The van der Waals surface area contributed by atoms with Gasteiger partial charge in [-0.25, -0.2) is 4.98 Å². The fourth-order valence-electron chi connectivity index (χ4n) is 3.17. The summed E-state index contributed by atoms with van der Waals surface area (Å²) in [7, 11) is 1.63. The third-order valence-electron chi connectivity index (χ3n) is 4.78. The van der Waals surface area contributed by atoms with Crippen LogP contribution in [0, 0.1) is 0 Å². The number of methoxy groups -OCH3 is 1. The van der Waals surface area contributed by atoms with Crippen molar-refractivity contribution in [1.82, 2.24) is 15.3 Å². The Balaban J connectivity index is 1.43. The first-order valence-corrected chi connectivity index (χ1v) is 10.9. The first kappa shape index (κ1) is 20.8. The van der Waals surface area contributed by atoms with Gasteiger partial charge >= 0.3 is 0 Å². The minimum atomic E-state index is -0.0419. The van der Waals surface area contributed by atoms with Crippen molar-refractivity contribution in [1.29, 1.82) is 0 Å².